The number of methoxy groups -OCH3 is 1. The molecule has 0 spiro atoms. The van der Waals surface area contributed by atoms with E-state index >= 15 is 0 Å². The number of aromatic nitrogens is 1. The summed E-state index contributed by atoms with van der Waals surface area (Å²) in [5, 5.41) is 3.60. The standard InChI is InChI=1S/C14H23N3O/c1-11(2)16-13-6-7-17(10-13)9-12-4-5-14(18-3)15-8-12/h4-5,8,11,13,16H,6-7,9-10H2,1-3H3. The van der Waals surface area contributed by atoms with E-state index < -0.39 is 0 Å². The van der Waals surface area contributed by atoms with Gasteiger partial charge in [-0.2, -0.15) is 0 Å². The van der Waals surface area contributed by atoms with Crippen molar-refractivity contribution in [2.24, 2.45) is 0 Å². The summed E-state index contributed by atoms with van der Waals surface area (Å²) >= 11 is 0. The van der Waals surface area contributed by atoms with Gasteiger partial charge in [-0.05, 0) is 12.0 Å². The van der Waals surface area contributed by atoms with Gasteiger partial charge in [0.15, 0.2) is 0 Å². The third kappa shape index (κ3) is 3.68. The Morgan fingerprint density at radius 3 is 2.94 bits per heavy atom. The molecule has 2 rings (SSSR count). The molecule has 1 aromatic rings. The maximum absolute atomic E-state index is 5.07. The Balaban J connectivity index is 1.83. The molecular formula is C14H23N3O. The van der Waals surface area contributed by atoms with E-state index in [-0.39, 0.29) is 0 Å². The number of hydrogen-bond acceptors (Lipinski definition) is 4. The lowest BCUT2D eigenvalue weighted by Crippen LogP contribution is -2.36. The van der Waals surface area contributed by atoms with E-state index in [2.05, 4.69) is 35.1 Å². The fourth-order valence-electron chi connectivity index (χ4n) is 2.47. The maximum atomic E-state index is 5.07. The minimum absolute atomic E-state index is 0.567. The maximum Gasteiger partial charge on any atom is 0.212 e. The van der Waals surface area contributed by atoms with Crippen LogP contribution >= 0.6 is 0 Å². The summed E-state index contributed by atoms with van der Waals surface area (Å²) in [4.78, 5) is 6.72. The molecule has 0 bridgehead atoms. The van der Waals surface area contributed by atoms with E-state index in [1.165, 1.54) is 12.0 Å². The van der Waals surface area contributed by atoms with Gasteiger partial charge in [-0.3, -0.25) is 4.90 Å². The van der Waals surface area contributed by atoms with Crippen LogP contribution in [0.1, 0.15) is 25.8 Å². The molecule has 18 heavy (non-hydrogen) atoms. The molecular weight excluding hydrogens is 226 g/mol. The van der Waals surface area contributed by atoms with Crippen LogP contribution in [0.25, 0.3) is 0 Å². The van der Waals surface area contributed by atoms with Crippen molar-refractivity contribution >= 4 is 0 Å². The lowest BCUT2D eigenvalue weighted by molar-refractivity contribution is 0.316. The van der Waals surface area contributed by atoms with E-state index in [0.29, 0.717) is 18.0 Å². The molecule has 1 N–H and O–H groups in total. The Hall–Kier alpha value is -1.13. The Morgan fingerprint density at radius 1 is 1.50 bits per heavy atom. The normalized spacial score (nSPS) is 20.6. The molecule has 4 nitrogen and oxygen atoms in total. The third-order valence-electron chi connectivity index (χ3n) is 3.25. The van der Waals surface area contributed by atoms with Crippen LogP contribution in [0.3, 0.4) is 0 Å². The highest BCUT2D eigenvalue weighted by atomic mass is 16.5. The number of nitrogens with zero attached hydrogens (tertiary/aromatic N) is 2. The molecule has 1 atom stereocenters. The van der Waals surface area contributed by atoms with Crippen LogP contribution in [0.15, 0.2) is 18.3 Å². The first-order chi connectivity index (χ1) is 8.67. The van der Waals surface area contributed by atoms with E-state index in [4.69, 9.17) is 4.74 Å². The summed E-state index contributed by atoms with van der Waals surface area (Å²) in [6.45, 7) is 7.68. The van der Waals surface area contributed by atoms with Crippen molar-refractivity contribution in [3.8, 4) is 5.88 Å². The molecule has 100 valence electrons. The van der Waals surface area contributed by atoms with Crippen LogP contribution in [0.2, 0.25) is 0 Å². The summed E-state index contributed by atoms with van der Waals surface area (Å²) in [6, 6.07) is 5.22. The van der Waals surface area contributed by atoms with E-state index in [1.54, 1.807) is 7.11 Å². The van der Waals surface area contributed by atoms with E-state index in [0.717, 1.165) is 19.6 Å². The lowest BCUT2D eigenvalue weighted by Gasteiger charge is -2.18. The second kappa shape index (κ2) is 6.16. The van der Waals surface area contributed by atoms with Gasteiger partial charge in [0, 0.05) is 44.0 Å². The van der Waals surface area contributed by atoms with Gasteiger partial charge in [-0.25, -0.2) is 4.98 Å². The molecule has 0 amide bonds. The SMILES string of the molecule is COc1ccc(CN2CCC(NC(C)C)C2)cn1. The molecule has 1 aliphatic rings. The summed E-state index contributed by atoms with van der Waals surface area (Å²) in [5.41, 5.74) is 1.25. The summed E-state index contributed by atoms with van der Waals surface area (Å²) in [6.07, 6.45) is 3.14. The van der Waals surface area contributed by atoms with Crippen LogP contribution in [0.5, 0.6) is 5.88 Å². The van der Waals surface area contributed by atoms with Crippen molar-refractivity contribution < 1.29 is 4.74 Å². The monoisotopic (exact) mass is 249 g/mol. The predicted molar refractivity (Wildman–Crippen MR) is 72.7 cm³/mol. The van der Waals surface area contributed by atoms with Crippen molar-refractivity contribution in [3.05, 3.63) is 23.9 Å². The van der Waals surface area contributed by atoms with Crippen LogP contribution in [0.4, 0.5) is 0 Å². The molecule has 1 fully saturated rings. The molecule has 2 heterocycles. The summed E-state index contributed by atoms with van der Waals surface area (Å²) < 4.78 is 5.07. The van der Waals surface area contributed by atoms with Gasteiger partial charge >= 0.3 is 0 Å². The lowest BCUT2D eigenvalue weighted by atomic mass is 10.2. The molecule has 0 aliphatic carbocycles. The molecule has 1 aliphatic heterocycles. The number of hydrogen-bond donors (Lipinski definition) is 1. The molecule has 1 unspecified atom stereocenters. The summed E-state index contributed by atoms with van der Waals surface area (Å²) in [5.74, 6) is 0.680. The Bertz CT molecular complexity index is 364. The van der Waals surface area contributed by atoms with Gasteiger partial charge in [-0.15, -0.1) is 0 Å². The second-order valence-electron chi connectivity index (χ2n) is 5.25. The van der Waals surface area contributed by atoms with Gasteiger partial charge in [0.2, 0.25) is 5.88 Å². The van der Waals surface area contributed by atoms with Gasteiger partial charge in [0.25, 0.3) is 0 Å². The average Bonchev–Trinajstić information content (AvgIpc) is 2.76. The number of rotatable bonds is 5. The van der Waals surface area contributed by atoms with Gasteiger partial charge in [0.05, 0.1) is 7.11 Å². The minimum Gasteiger partial charge on any atom is -0.481 e. The Labute approximate surface area is 109 Å². The highest BCUT2D eigenvalue weighted by molar-refractivity contribution is 5.17. The van der Waals surface area contributed by atoms with Crippen molar-refractivity contribution in [1.82, 2.24) is 15.2 Å². The van der Waals surface area contributed by atoms with Gasteiger partial charge in [-0.1, -0.05) is 19.9 Å². The molecule has 0 aromatic carbocycles. The van der Waals surface area contributed by atoms with Crippen LogP contribution in [-0.4, -0.2) is 42.2 Å². The highest BCUT2D eigenvalue weighted by Gasteiger charge is 2.22. The number of likely N-dealkylation sites (tertiary alicyclic amines) is 1. The fourth-order valence-corrected chi connectivity index (χ4v) is 2.47. The quantitative estimate of drug-likeness (QED) is 0.861. The van der Waals surface area contributed by atoms with Gasteiger partial charge in [0.1, 0.15) is 0 Å². The predicted octanol–water partition coefficient (Wildman–Crippen LogP) is 1.66. The number of pyridine rings is 1. The fraction of sp³-hybridized carbons (Fsp3) is 0.643. The number of nitrogens with one attached hydrogen (secondary N) is 1. The van der Waals surface area contributed by atoms with Gasteiger partial charge < -0.3 is 10.1 Å². The highest BCUT2D eigenvalue weighted by Crippen LogP contribution is 2.15. The minimum atomic E-state index is 0.567. The molecule has 4 heteroatoms. The van der Waals surface area contributed by atoms with Crippen molar-refractivity contribution in [1.29, 1.82) is 0 Å². The molecule has 1 saturated heterocycles. The zero-order valence-corrected chi connectivity index (χ0v) is 11.5. The Morgan fingerprint density at radius 2 is 2.33 bits per heavy atom. The summed E-state index contributed by atoms with van der Waals surface area (Å²) in [7, 11) is 1.64. The topological polar surface area (TPSA) is 37.4 Å². The zero-order chi connectivity index (χ0) is 13.0. The first-order valence-corrected chi connectivity index (χ1v) is 6.64. The van der Waals surface area contributed by atoms with Crippen LogP contribution in [-0.2, 0) is 6.54 Å². The molecule has 1 aromatic heterocycles. The van der Waals surface area contributed by atoms with Crippen LogP contribution in [0, 0.1) is 0 Å². The zero-order valence-electron chi connectivity index (χ0n) is 11.5. The average molecular weight is 249 g/mol. The molecule has 0 saturated carbocycles. The smallest absolute Gasteiger partial charge is 0.212 e. The first kappa shape index (κ1) is 13.3. The van der Waals surface area contributed by atoms with Crippen molar-refractivity contribution in [3.63, 3.8) is 0 Å². The van der Waals surface area contributed by atoms with Crippen molar-refractivity contribution in [2.45, 2.75) is 38.9 Å². The molecule has 0 radical (unpaired) electrons. The van der Waals surface area contributed by atoms with E-state index in [9.17, 15) is 0 Å². The third-order valence-corrected chi connectivity index (χ3v) is 3.25. The van der Waals surface area contributed by atoms with Crippen LogP contribution < -0.4 is 10.1 Å². The number of ether oxygens (including phenoxy) is 1. The second-order valence-corrected chi connectivity index (χ2v) is 5.25. The van der Waals surface area contributed by atoms with Crippen molar-refractivity contribution in [2.75, 3.05) is 20.2 Å². The first-order valence-electron chi connectivity index (χ1n) is 6.64. The van der Waals surface area contributed by atoms with E-state index in [1.807, 2.05) is 12.3 Å². The largest absolute Gasteiger partial charge is 0.481 e. The Kier molecular flexibility index (Phi) is 4.55.